The van der Waals surface area contributed by atoms with E-state index in [1.54, 1.807) is 0 Å². The van der Waals surface area contributed by atoms with Crippen molar-refractivity contribution in [2.45, 2.75) is 78.2 Å². The summed E-state index contributed by atoms with van der Waals surface area (Å²) in [6.07, 6.45) is 6.70. The van der Waals surface area contributed by atoms with Crippen LogP contribution in [0.4, 0.5) is 0 Å². The Morgan fingerprint density at radius 3 is 2.10 bits per heavy atom. The van der Waals surface area contributed by atoms with Gasteiger partial charge in [-0.2, -0.15) is 5.26 Å². The van der Waals surface area contributed by atoms with Crippen LogP contribution in [-0.4, -0.2) is 10.7 Å². The average Bonchev–Trinajstić information content (AvgIpc) is 2.43. The van der Waals surface area contributed by atoms with E-state index in [-0.39, 0.29) is 0 Å². The fourth-order valence-electron chi connectivity index (χ4n) is 4.50. The molecule has 2 rings (SSSR count). The molecule has 3 unspecified atom stereocenters. The van der Waals surface area contributed by atoms with Gasteiger partial charge in [-0.3, -0.25) is 0 Å². The number of rotatable bonds is 2. The van der Waals surface area contributed by atoms with Crippen molar-refractivity contribution in [1.82, 2.24) is 0 Å². The molecule has 114 valence electrons. The van der Waals surface area contributed by atoms with Crippen molar-refractivity contribution in [2.24, 2.45) is 29.1 Å². The zero-order chi connectivity index (χ0) is 15.0. The second kappa shape index (κ2) is 5.68. The van der Waals surface area contributed by atoms with Gasteiger partial charge in [-0.25, -0.2) is 0 Å². The van der Waals surface area contributed by atoms with Gasteiger partial charge in [0.05, 0.1) is 17.1 Å². The van der Waals surface area contributed by atoms with Crippen molar-refractivity contribution < 1.29 is 5.11 Å². The minimum Gasteiger partial charge on any atom is -0.388 e. The fourth-order valence-corrected chi connectivity index (χ4v) is 4.50. The molecule has 2 heteroatoms. The van der Waals surface area contributed by atoms with E-state index in [1.807, 2.05) is 0 Å². The summed E-state index contributed by atoms with van der Waals surface area (Å²) in [5, 5.41) is 21.1. The lowest BCUT2D eigenvalue weighted by atomic mass is 9.55. The van der Waals surface area contributed by atoms with Gasteiger partial charge in [0.1, 0.15) is 0 Å². The van der Waals surface area contributed by atoms with Gasteiger partial charge in [-0.15, -0.1) is 0 Å². The van der Waals surface area contributed by atoms with Gasteiger partial charge in [-0.1, -0.05) is 27.7 Å². The lowest BCUT2D eigenvalue weighted by molar-refractivity contribution is -0.122. The van der Waals surface area contributed by atoms with Crippen LogP contribution in [0.2, 0.25) is 0 Å². The van der Waals surface area contributed by atoms with Crippen LogP contribution in [0.1, 0.15) is 72.6 Å². The minimum absolute atomic E-state index is 0.479. The van der Waals surface area contributed by atoms with E-state index in [0.29, 0.717) is 17.8 Å². The molecule has 0 saturated heterocycles. The second-order valence-electron chi connectivity index (χ2n) is 8.00. The van der Waals surface area contributed by atoms with Crippen molar-refractivity contribution in [3.05, 3.63) is 0 Å². The van der Waals surface area contributed by atoms with E-state index < -0.39 is 11.0 Å². The van der Waals surface area contributed by atoms with E-state index in [2.05, 4.69) is 33.8 Å². The topological polar surface area (TPSA) is 44.0 Å². The van der Waals surface area contributed by atoms with Gasteiger partial charge in [-0.05, 0) is 68.6 Å². The molecule has 20 heavy (non-hydrogen) atoms. The molecular weight excluding hydrogens is 246 g/mol. The maximum Gasteiger partial charge on any atom is 0.0860 e. The Kier molecular flexibility index (Phi) is 4.50. The summed E-state index contributed by atoms with van der Waals surface area (Å²) in [7, 11) is 0. The summed E-state index contributed by atoms with van der Waals surface area (Å²) in [5.41, 5.74) is -1.22. The normalized spacial score (nSPS) is 46.1. The standard InChI is InChI=1S/C18H31NO/c1-13(2)16-6-8-17(12-19,9-7-16)18(20)10-5-14(3)15(4)11-18/h13-16,20H,5-11H2,1-4H3. The van der Waals surface area contributed by atoms with E-state index >= 15 is 0 Å². The van der Waals surface area contributed by atoms with Crippen molar-refractivity contribution in [2.75, 3.05) is 0 Å². The Labute approximate surface area is 124 Å². The lowest BCUT2D eigenvalue weighted by Crippen LogP contribution is -2.53. The Morgan fingerprint density at radius 1 is 1.05 bits per heavy atom. The van der Waals surface area contributed by atoms with Gasteiger partial charge >= 0.3 is 0 Å². The number of aliphatic hydroxyl groups is 1. The van der Waals surface area contributed by atoms with Gasteiger partial charge in [0.25, 0.3) is 0 Å². The molecule has 2 aliphatic carbocycles. The van der Waals surface area contributed by atoms with Crippen molar-refractivity contribution in [3.8, 4) is 6.07 Å². The van der Waals surface area contributed by atoms with Crippen LogP contribution in [-0.2, 0) is 0 Å². The first-order valence-corrected chi connectivity index (χ1v) is 8.47. The van der Waals surface area contributed by atoms with E-state index in [0.717, 1.165) is 50.9 Å². The second-order valence-corrected chi connectivity index (χ2v) is 8.00. The predicted octanol–water partition coefficient (Wildman–Crippen LogP) is 4.53. The summed E-state index contributed by atoms with van der Waals surface area (Å²) in [4.78, 5) is 0. The molecular formula is C18H31NO. The third kappa shape index (κ3) is 2.62. The third-order valence-electron chi connectivity index (χ3n) is 6.58. The number of nitrogens with zero attached hydrogens (tertiary/aromatic N) is 1. The van der Waals surface area contributed by atoms with Crippen molar-refractivity contribution in [1.29, 1.82) is 5.26 Å². The minimum atomic E-state index is -0.740. The zero-order valence-electron chi connectivity index (χ0n) is 13.7. The molecule has 2 aliphatic rings. The molecule has 0 aromatic rings. The summed E-state index contributed by atoms with van der Waals surface area (Å²) >= 11 is 0. The van der Waals surface area contributed by atoms with Crippen LogP contribution in [0.15, 0.2) is 0 Å². The molecule has 0 amide bonds. The molecule has 1 N–H and O–H groups in total. The van der Waals surface area contributed by atoms with Crippen LogP contribution < -0.4 is 0 Å². The Balaban J connectivity index is 2.14. The van der Waals surface area contributed by atoms with Crippen molar-refractivity contribution in [3.63, 3.8) is 0 Å². The molecule has 2 nitrogen and oxygen atoms in total. The van der Waals surface area contributed by atoms with E-state index in [1.165, 1.54) is 0 Å². The summed E-state index contributed by atoms with van der Waals surface area (Å²) in [6, 6.07) is 2.57. The van der Waals surface area contributed by atoms with Crippen LogP contribution >= 0.6 is 0 Å². The molecule has 0 radical (unpaired) electrons. The Bertz CT molecular complexity index is 375. The molecule has 0 aromatic carbocycles. The highest BCUT2D eigenvalue weighted by molar-refractivity contribution is 5.14. The first kappa shape index (κ1) is 15.8. The largest absolute Gasteiger partial charge is 0.388 e. The monoisotopic (exact) mass is 277 g/mol. The van der Waals surface area contributed by atoms with Crippen LogP contribution in [0, 0.1) is 40.4 Å². The summed E-state index contributed by atoms with van der Waals surface area (Å²) in [6.45, 7) is 9.07. The predicted molar refractivity (Wildman–Crippen MR) is 82.0 cm³/mol. The molecule has 3 atom stereocenters. The lowest BCUT2D eigenvalue weighted by Gasteiger charge is -2.51. The van der Waals surface area contributed by atoms with Gasteiger partial charge < -0.3 is 5.11 Å². The van der Waals surface area contributed by atoms with Gasteiger partial charge in [0.15, 0.2) is 0 Å². The zero-order valence-corrected chi connectivity index (χ0v) is 13.7. The Hall–Kier alpha value is -0.550. The maximum atomic E-state index is 11.2. The molecule has 0 bridgehead atoms. The SMILES string of the molecule is CC(C)C1CCC(C#N)(C2(O)CCC(C)C(C)C2)CC1. The maximum absolute atomic E-state index is 11.2. The van der Waals surface area contributed by atoms with Crippen LogP contribution in [0.25, 0.3) is 0 Å². The third-order valence-corrected chi connectivity index (χ3v) is 6.58. The molecule has 0 heterocycles. The van der Waals surface area contributed by atoms with E-state index in [4.69, 9.17) is 0 Å². The van der Waals surface area contributed by atoms with Crippen molar-refractivity contribution >= 4 is 0 Å². The fraction of sp³-hybridized carbons (Fsp3) is 0.944. The smallest absolute Gasteiger partial charge is 0.0860 e. The van der Waals surface area contributed by atoms with Gasteiger partial charge in [0, 0.05) is 0 Å². The summed E-state index contributed by atoms with van der Waals surface area (Å²) in [5.74, 6) is 2.64. The van der Waals surface area contributed by atoms with Crippen LogP contribution in [0.3, 0.4) is 0 Å². The van der Waals surface area contributed by atoms with Gasteiger partial charge in [0.2, 0.25) is 0 Å². The first-order valence-electron chi connectivity index (χ1n) is 8.47. The number of hydrogen-bond acceptors (Lipinski definition) is 2. The molecule has 0 aliphatic heterocycles. The van der Waals surface area contributed by atoms with Crippen LogP contribution in [0.5, 0.6) is 0 Å². The highest BCUT2D eigenvalue weighted by Crippen LogP contribution is 2.54. The quantitative estimate of drug-likeness (QED) is 0.806. The molecule has 2 fully saturated rings. The summed E-state index contributed by atoms with van der Waals surface area (Å²) < 4.78 is 0. The van der Waals surface area contributed by atoms with E-state index in [9.17, 15) is 10.4 Å². The molecule has 0 spiro atoms. The molecule has 0 aromatic heterocycles. The number of nitriles is 1. The Morgan fingerprint density at radius 2 is 1.65 bits per heavy atom. The highest BCUT2D eigenvalue weighted by atomic mass is 16.3. The molecule has 2 saturated carbocycles. The first-order chi connectivity index (χ1) is 9.33. The number of hydrogen-bond donors (Lipinski definition) is 1. The highest BCUT2D eigenvalue weighted by Gasteiger charge is 2.54. The average molecular weight is 277 g/mol.